The van der Waals surface area contributed by atoms with E-state index in [0.29, 0.717) is 30.3 Å². The lowest BCUT2D eigenvalue weighted by Crippen LogP contribution is -2.20. The SMILES string of the molecule is CCOC(=O)C(=O)c1c(Cl)cc2c(c1C(C)C)OCCCO2. The van der Waals surface area contributed by atoms with Gasteiger partial charge in [0.05, 0.1) is 30.4 Å². The van der Waals surface area contributed by atoms with Gasteiger partial charge in [-0.1, -0.05) is 25.4 Å². The number of hydrogen-bond acceptors (Lipinski definition) is 5. The third-order valence-corrected chi connectivity index (χ3v) is 3.59. The molecule has 0 aliphatic carbocycles. The number of fused-ring (bicyclic) bond motifs is 1. The first kappa shape index (κ1) is 16.6. The summed E-state index contributed by atoms with van der Waals surface area (Å²) in [5, 5.41) is 0.172. The topological polar surface area (TPSA) is 61.8 Å². The fourth-order valence-corrected chi connectivity index (χ4v) is 2.67. The van der Waals surface area contributed by atoms with Gasteiger partial charge in [-0.3, -0.25) is 4.79 Å². The molecule has 1 aromatic carbocycles. The number of ether oxygens (including phenoxy) is 3. The van der Waals surface area contributed by atoms with Crippen molar-refractivity contribution >= 4 is 23.4 Å². The number of rotatable bonds is 4. The van der Waals surface area contributed by atoms with Crippen LogP contribution in [0.15, 0.2) is 6.07 Å². The van der Waals surface area contributed by atoms with Crippen LogP contribution in [0, 0.1) is 0 Å². The first-order valence-electron chi connectivity index (χ1n) is 7.30. The number of hydrogen-bond donors (Lipinski definition) is 0. The Morgan fingerprint density at radius 2 is 2.00 bits per heavy atom. The predicted octanol–water partition coefficient (Wildman–Crippen LogP) is 3.37. The van der Waals surface area contributed by atoms with E-state index in [0.717, 1.165) is 6.42 Å². The van der Waals surface area contributed by atoms with Crippen molar-refractivity contribution in [3.63, 3.8) is 0 Å². The maximum atomic E-state index is 12.4. The molecule has 0 atom stereocenters. The molecule has 1 heterocycles. The quantitative estimate of drug-likeness (QED) is 0.482. The largest absolute Gasteiger partial charge is 0.489 e. The van der Waals surface area contributed by atoms with Crippen LogP contribution in [-0.2, 0) is 9.53 Å². The Bertz CT molecular complexity index is 595. The Morgan fingerprint density at radius 3 is 2.64 bits per heavy atom. The lowest BCUT2D eigenvalue weighted by Gasteiger charge is -2.19. The van der Waals surface area contributed by atoms with Gasteiger partial charge in [-0.25, -0.2) is 4.79 Å². The van der Waals surface area contributed by atoms with Gasteiger partial charge in [-0.05, 0) is 12.8 Å². The highest BCUT2D eigenvalue weighted by Crippen LogP contribution is 2.43. The molecule has 0 radical (unpaired) electrons. The smallest absolute Gasteiger partial charge is 0.379 e. The van der Waals surface area contributed by atoms with Gasteiger partial charge >= 0.3 is 5.97 Å². The van der Waals surface area contributed by atoms with Gasteiger partial charge in [0, 0.05) is 18.1 Å². The van der Waals surface area contributed by atoms with Gasteiger partial charge in [-0.2, -0.15) is 0 Å². The van der Waals surface area contributed by atoms with Gasteiger partial charge in [-0.15, -0.1) is 0 Å². The average molecular weight is 327 g/mol. The fourth-order valence-electron chi connectivity index (χ4n) is 2.38. The lowest BCUT2D eigenvalue weighted by molar-refractivity contribution is -0.137. The molecule has 1 aliphatic rings. The minimum Gasteiger partial charge on any atom is -0.489 e. The second-order valence-corrected chi connectivity index (χ2v) is 5.64. The summed E-state index contributed by atoms with van der Waals surface area (Å²) in [4.78, 5) is 24.2. The fraction of sp³-hybridized carbons (Fsp3) is 0.500. The molecular weight excluding hydrogens is 308 g/mol. The Kier molecular flexibility index (Phi) is 5.29. The molecule has 0 spiro atoms. The van der Waals surface area contributed by atoms with E-state index in [1.165, 1.54) is 6.07 Å². The number of Topliss-reactive ketones (excluding diaryl/α,β-unsaturated/α-hetero) is 1. The van der Waals surface area contributed by atoms with Crippen LogP contribution in [0.25, 0.3) is 0 Å². The molecule has 1 aromatic rings. The number of esters is 1. The molecule has 5 nitrogen and oxygen atoms in total. The van der Waals surface area contributed by atoms with Crippen LogP contribution in [0.4, 0.5) is 0 Å². The normalized spacial score (nSPS) is 13.7. The van der Waals surface area contributed by atoms with Crippen molar-refractivity contribution in [1.82, 2.24) is 0 Å². The van der Waals surface area contributed by atoms with Gasteiger partial charge in [0.2, 0.25) is 0 Å². The minimum atomic E-state index is -0.916. The first-order valence-corrected chi connectivity index (χ1v) is 7.68. The molecule has 0 bridgehead atoms. The summed E-state index contributed by atoms with van der Waals surface area (Å²) in [6.07, 6.45) is 0.741. The molecular formula is C16H19ClO5. The van der Waals surface area contributed by atoms with E-state index in [9.17, 15) is 9.59 Å². The molecule has 22 heavy (non-hydrogen) atoms. The second-order valence-electron chi connectivity index (χ2n) is 5.23. The highest BCUT2D eigenvalue weighted by Gasteiger charge is 2.30. The van der Waals surface area contributed by atoms with Gasteiger partial charge in [0.25, 0.3) is 5.78 Å². The summed E-state index contributed by atoms with van der Waals surface area (Å²) >= 11 is 6.24. The van der Waals surface area contributed by atoms with Crippen LogP contribution < -0.4 is 9.47 Å². The number of carbonyl (C=O) groups is 2. The number of halogens is 1. The molecule has 0 fully saturated rings. The van der Waals surface area contributed by atoms with E-state index in [2.05, 4.69) is 0 Å². The molecule has 0 unspecified atom stereocenters. The summed E-state index contributed by atoms with van der Waals surface area (Å²) in [6, 6.07) is 1.53. The molecule has 120 valence electrons. The van der Waals surface area contributed by atoms with E-state index < -0.39 is 11.8 Å². The lowest BCUT2D eigenvalue weighted by atomic mass is 9.93. The van der Waals surface area contributed by atoms with E-state index in [-0.39, 0.29) is 23.1 Å². The molecule has 6 heteroatoms. The third kappa shape index (κ3) is 3.19. The predicted molar refractivity (Wildman–Crippen MR) is 82.1 cm³/mol. The van der Waals surface area contributed by atoms with E-state index in [4.69, 9.17) is 25.8 Å². The summed E-state index contributed by atoms with van der Waals surface area (Å²) in [5.41, 5.74) is 0.724. The van der Waals surface area contributed by atoms with Crippen LogP contribution in [0.5, 0.6) is 11.5 Å². The number of benzene rings is 1. The molecule has 2 rings (SSSR count). The average Bonchev–Trinajstić information content (AvgIpc) is 2.70. The van der Waals surface area contributed by atoms with Crippen LogP contribution in [0.1, 0.15) is 49.0 Å². The minimum absolute atomic E-state index is 0.0671. The molecule has 0 N–H and O–H groups in total. The van der Waals surface area contributed by atoms with Crippen molar-refractivity contribution < 1.29 is 23.8 Å². The van der Waals surface area contributed by atoms with Crippen molar-refractivity contribution in [3.05, 3.63) is 22.2 Å². The highest BCUT2D eigenvalue weighted by molar-refractivity contribution is 6.46. The molecule has 0 saturated heterocycles. The van der Waals surface area contributed by atoms with Crippen LogP contribution in [0.2, 0.25) is 5.02 Å². The molecule has 0 saturated carbocycles. The van der Waals surface area contributed by atoms with E-state index in [1.54, 1.807) is 6.92 Å². The Hall–Kier alpha value is -1.75. The summed E-state index contributed by atoms with van der Waals surface area (Å²) in [6.45, 7) is 6.59. The monoisotopic (exact) mass is 326 g/mol. The standard InChI is InChI=1S/C16H19ClO5/c1-4-20-16(19)14(18)13-10(17)8-11-15(12(13)9(2)3)22-7-5-6-21-11/h8-9H,4-7H2,1-3H3. The van der Waals surface area contributed by atoms with Gasteiger partial charge in [0.1, 0.15) is 0 Å². The van der Waals surface area contributed by atoms with Crippen LogP contribution in [-0.4, -0.2) is 31.6 Å². The van der Waals surface area contributed by atoms with Crippen molar-refractivity contribution in [2.24, 2.45) is 0 Å². The van der Waals surface area contributed by atoms with Crippen molar-refractivity contribution in [2.45, 2.75) is 33.1 Å². The maximum absolute atomic E-state index is 12.4. The zero-order chi connectivity index (χ0) is 16.3. The van der Waals surface area contributed by atoms with Gasteiger partial charge in [0.15, 0.2) is 11.5 Å². The van der Waals surface area contributed by atoms with Gasteiger partial charge < -0.3 is 14.2 Å². The summed E-state index contributed by atoms with van der Waals surface area (Å²) < 4.78 is 16.2. The van der Waals surface area contributed by atoms with E-state index in [1.807, 2.05) is 13.8 Å². The number of ketones is 1. The Balaban J connectivity index is 2.60. The number of carbonyl (C=O) groups excluding carboxylic acids is 2. The van der Waals surface area contributed by atoms with E-state index >= 15 is 0 Å². The van der Waals surface area contributed by atoms with Crippen molar-refractivity contribution in [1.29, 1.82) is 0 Å². The zero-order valence-electron chi connectivity index (χ0n) is 12.9. The zero-order valence-corrected chi connectivity index (χ0v) is 13.7. The highest BCUT2D eigenvalue weighted by atomic mass is 35.5. The molecule has 1 aliphatic heterocycles. The third-order valence-electron chi connectivity index (χ3n) is 3.29. The maximum Gasteiger partial charge on any atom is 0.379 e. The Morgan fingerprint density at radius 1 is 1.32 bits per heavy atom. The van der Waals surface area contributed by atoms with Crippen LogP contribution >= 0.6 is 11.6 Å². The summed E-state index contributed by atoms with van der Waals surface area (Å²) in [5.74, 6) is -0.745. The van der Waals surface area contributed by atoms with Crippen molar-refractivity contribution in [3.8, 4) is 11.5 Å². The first-order chi connectivity index (χ1) is 10.5. The second kappa shape index (κ2) is 7.01. The molecule has 0 amide bonds. The van der Waals surface area contributed by atoms with Crippen LogP contribution in [0.3, 0.4) is 0 Å². The molecule has 0 aromatic heterocycles. The Labute approximate surface area is 134 Å². The summed E-state index contributed by atoms with van der Waals surface area (Å²) in [7, 11) is 0. The van der Waals surface area contributed by atoms with Crippen molar-refractivity contribution in [2.75, 3.05) is 19.8 Å².